The maximum Gasteiger partial charge on any atom is 0.227 e. The first-order valence-electron chi connectivity index (χ1n) is 6.96. The van der Waals surface area contributed by atoms with Gasteiger partial charge in [0, 0.05) is 25.6 Å². The molecular formula is C15H22N2O2. The normalized spacial score (nSPS) is 16.7. The number of rotatable bonds is 6. The smallest absolute Gasteiger partial charge is 0.227 e. The molecule has 1 saturated heterocycles. The van der Waals surface area contributed by atoms with Crippen molar-refractivity contribution in [3.8, 4) is 0 Å². The van der Waals surface area contributed by atoms with Crippen LogP contribution in [0, 0.1) is 0 Å². The van der Waals surface area contributed by atoms with Crippen LogP contribution in [-0.4, -0.2) is 31.7 Å². The number of nitrogens with one attached hydrogen (secondary N) is 1. The summed E-state index contributed by atoms with van der Waals surface area (Å²) in [6.45, 7) is 6.27. The van der Waals surface area contributed by atoms with Gasteiger partial charge in [-0.25, -0.2) is 0 Å². The van der Waals surface area contributed by atoms with Crippen molar-refractivity contribution < 1.29 is 9.53 Å². The van der Waals surface area contributed by atoms with Gasteiger partial charge in [-0.2, -0.15) is 0 Å². The van der Waals surface area contributed by atoms with E-state index in [9.17, 15) is 4.79 Å². The van der Waals surface area contributed by atoms with Crippen LogP contribution in [0.5, 0.6) is 0 Å². The van der Waals surface area contributed by atoms with Crippen LogP contribution >= 0.6 is 0 Å². The van der Waals surface area contributed by atoms with Crippen LogP contribution in [0.1, 0.15) is 26.7 Å². The summed E-state index contributed by atoms with van der Waals surface area (Å²) in [7, 11) is 0. The predicted molar refractivity (Wildman–Crippen MR) is 77.6 cm³/mol. The molecule has 1 fully saturated rings. The van der Waals surface area contributed by atoms with Crippen LogP contribution in [0.15, 0.2) is 24.3 Å². The zero-order valence-electron chi connectivity index (χ0n) is 11.7. The minimum absolute atomic E-state index is 0.215. The molecule has 0 radical (unpaired) electrons. The fourth-order valence-corrected chi connectivity index (χ4v) is 2.34. The van der Waals surface area contributed by atoms with Crippen molar-refractivity contribution in [1.82, 2.24) is 0 Å². The molecule has 1 atom stereocenters. The minimum Gasteiger partial charge on any atom is -0.380 e. The quantitative estimate of drug-likeness (QED) is 0.857. The van der Waals surface area contributed by atoms with E-state index in [1.807, 2.05) is 36.1 Å². The van der Waals surface area contributed by atoms with Crippen molar-refractivity contribution >= 4 is 17.3 Å². The SMILES string of the molecule is CCOCC(C)Nc1ccccc1N1CCCC1=O. The van der Waals surface area contributed by atoms with E-state index in [2.05, 4.69) is 12.2 Å². The maximum atomic E-state index is 11.9. The Kier molecular flexibility index (Phi) is 4.80. The number of amides is 1. The molecule has 1 heterocycles. The van der Waals surface area contributed by atoms with Gasteiger partial charge in [0.15, 0.2) is 0 Å². The number of benzene rings is 1. The van der Waals surface area contributed by atoms with Crippen molar-refractivity contribution in [2.24, 2.45) is 0 Å². The topological polar surface area (TPSA) is 41.6 Å². The van der Waals surface area contributed by atoms with Crippen LogP contribution in [-0.2, 0) is 9.53 Å². The molecule has 0 spiro atoms. The predicted octanol–water partition coefficient (Wildman–Crippen LogP) is 2.65. The summed E-state index contributed by atoms with van der Waals surface area (Å²) < 4.78 is 5.41. The lowest BCUT2D eigenvalue weighted by Crippen LogP contribution is -2.27. The molecule has 1 unspecified atom stereocenters. The highest BCUT2D eigenvalue weighted by molar-refractivity contribution is 5.98. The summed E-state index contributed by atoms with van der Waals surface area (Å²) in [4.78, 5) is 13.7. The van der Waals surface area contributed by atoms with Crippen LogP contribution in [0.2, 0.25) is 0 Å². The van der Waals surface area contributed by atoms with Gasteiger partial charge in [-0.15, -0.1) is 0 Å². The average molecular weight is 262 g/mol. The molecule has 0 aliphatic carbocycles. The lowest BCUT2D eigenvalue weighted by molar-refractivity contribution is -0.117. The molecule has 2 rings (SSSR count). The molecule has 4 heteroatoms. The third-order valence-corrected chi connectivity index (χ3v) is 3.24. The monoisotopic (exact) mass is 262 g/mol. The Labute approximate surface area is 114 Å². The summed E-state index contributed by atoms with van der Waals surface area (Å²) >= 11 is 0. The first kappa shape index (κ1) is 13.9. The van der Waals surface area contributed by atoms with E-state index in [4.69, 9.17) is 4.74 Å². The van der Waals surface area contributed by atoms with Crippen molar-refractivity contribution in [3.63, 3.8) is 0 Å². The largest absolute Gasteiger partial charge is 0.380 e. The summed E-state index contributed by atoms with van der Waals surface area (Å²) in [6, 6.07) is 8.19. The first-order chi connectivity index (χ1) is 9.22. The van der Waals surface area contributed by atoms with Gasteiger partial charge in [-0.05, 0) is 32.4 Å². The van der Waals surface area contributed by atoms with E-state index >= 15 is 0 Å². The standard InChI is InChI=1S/C15H22N2O2/c1-3-19-11-12(2)16-13-7-4-5-8-14(13)17-10-6-9-15(17)18/h4-5,7-8,12,16H,3,6,9-11H2,1-2H3. The molecule has 1 aliphatic heterocycles. The molecule has 0 bridgehead atoms. The molecule has 1 aromatic carbocycles. The second-order valence-electron chi connectivity index (χ2n) is 4.87. The van der Waals surface area contributed by atoms with Crippen molar-refractivity contribution in [3.05, 3.63) is 24.3 Å². The van der Waals surface area contributed by atoms with Crippen LogP contribution in [0.3, 0.4) is 0 Å². The van der Waals surface area contributed by atoms with Gasteiger partial charge in [0.2, 0.25) is 5.91 Å². The highest BCUT2D eigenvalue weighted by Gasteiger charge is 2.23. The Morgan fingerprint density at radius 2 is 2.21 bits per heavy atom. The van der Waals surface area contributed by atoms with E-state index < -0.39 is 0 Å². The van der Waals surface area contributed by atoms with E-state index in [0.717, 1.165) is 30.9 Å². The van der Waals surface area contributed by atoms with Crippen LogP contribution in [0.25, 0.3) is 0 Å². The third-order valence-electron chi connectivity index (χ3n) is 3.24. The number of ether oxygens (including phenoxy) is 1. The summed E-state index contributed by atoms with van der Waals surface area (Å²) in [6.07, 6.45) is 1.60. The van der Waals surface area contributed by atoms with Gasteiger partial charge in [0.25, 0.3) is 0 Å². The van der Waals surface area contributed by atoms with Gasteiger partial charge >= 0.3 is 0 Å². The number of hydrogen-bond acceptors (Lipinski definition) is 3. The maximum absolute atomic E-state index is 11.9. The van der Waals surface area contributed by atoms with Crippen molar-refractivity contribution in [1.29, 1.82) is 0 Å². The number of hydrogen-bond donors (Lipinski definition) is 1. The Bertz CT molecular complexity index is 434. The van der Waals surface area contributed by atoms with E-state index in [-0.39, 0.29) is 11.9 Å². The van der Waals surface area contributed by atoms with E-state index in [0.29, 0.717) is 13.0 Å². The molecule has 1 aliphatic rings. The third kappa shape index (κ3) is 3.47. The van der Waals surface area contributed by atoms with Crippen molar-refractivity contribution in [2.75, 3.05) is 30.0 Å². The summed E-state index contributed by atoms with van der Waals surface area (Å²) in [5.41, 5.74) is 1.98. The Balaban J connectivity index is 2.10. The summed E-state index contributed by atoms with van der Waals surface area (Å²) in [5, 5.41) is 3.42. The number of para-hydroxylation sites is 2. The highest BCUT2D eigenvalue weighted by Crippen LogP contribution is 2.29. The van der Waals surface area contributed by atoms with Crippen LogP contribution < -0.4 is 10.2 Å². The molecule has 0 aromatic heterocycles. The van der Waals surface area contributed by atoms with E-state index in [1.165, 1.54) is 0 Å². The zero-order valence-corrected chi connectivity index (χ0v) is 11.7. The lowest BCUT2D eigenvalue weighted by Gasteiger charge is -2.23. The molecule has 4 nitrogen and oxygen atoms in total. The molecule has 1 N–H and O–H groups in total. The number of carbonyl (C=O) groups excluding carboxylic acids is 1. The molecule has 1 amide bonds. The van der Waals surface area contributed by atoms with Gasteiger partial charge in [0.05, 0.1) is 18.0 Å². The fourth-order valence-electron chi connectivity index (χ4n) is 2.34. The molecule has 1 aromatic rings. The fraction of sp³-hybridized carbons (Fsp3) is 0.533. The Morgan fingerprint density at radius 1 is 1.42 bits per heavy atom. The average Bonchev–Trinajstić information content (AvgIpc) is 2.83. The lowest BCUT2D eigenvalue weighted by atomic mass is 10.2. The molecule has 104 valence electrons. The minimum atomic E-state index is 0.215. The summed E-state index contributed by atoms with van der Waals surface area (Å²) in [5.74, 6) is 0.215. The Hall–Kier alpha value is -1.55. The second-order valence-corrected chi connectivity index (χ2v) is 4.87. The van der Waals surface area contributed by atoms with Gasteiger partial charge in [-0.1, -0.05) is 12.1 Å². The second kappa shape index (κ2) is 6.57. The first-order valence-corrected chi connectivity index (χ1v) is 6.96. The van der Waals surface area contributed by atoms with Gasteiger partial charge in [0.1, 0.15) is 0 Å². The van der Waals surface area contributed by atoms with Crippen LogP contribution in [0.4, 0.5) is 11.4 Å². The zero-order chi connectivity index (χ0) is 13.7. The van der Waals surface area contributed by atoms with Gasteiger partial charge in [-0.3, -0.25) is 4.79 Å². The molecule has 0 saturated carbocycles. The van der Waals surface area contributed by atoms with E-state index in [1.54, 1.807) is 0 Å². The van der Waals surface area contributed by atoms with Gasteiger partial charge < -0.3 is 15.0 Å². The number of anilines is 2. The van der Waals surface area contributed by atoms with Crippen molar-refractivity contribution in [2.45, 2.75) is 32.7 Å². The molecule has 19 heavy (non-hydrogen) atoms. The Morgan fingerprint density at radius 3 is 2.89 bits per heavy atom. The number of nitrogens with zero attached hydrogens (tertiary/aromatic N) is 1. The molecular weight excluding hydrogens is 240 g/mol. The number of carbonyl (C=O) groups is 1. The highest BCUT2D eigenvalue weighted by atomic mass is 16.5.